The molecule has 5 heteroatoms. The predicted molar refractivity (Wildman–Crippen MR) is 105 cm³/mol. The van der Waals surface area contributed by atoms with Gasteiger partial charge in [-0.15, -0.1) is 0 Å². The Hall–Kier alpha value is -2.95. The number of rotatable bonds is 2. The minimum atomic E-state index is -0.492. The van der Waals surface area contributed by atoms with Gasteiger partial charge in [0, 0.05) is 6.20 Å². The van der Waals surface area contributed by atoms with Gasteiger partial charge < -0.3 is 4.74 Å². The van der Waals surface area contributed by atoms with Gasteiger partial charge in [-0.3, -0.25) is 14.5 Å². The highest BCUT2D eigenvalue weighted by Crippen LogP contribution is 2.47. The zero-order valence-electron chi connectivity index (χ0n) is 15.8. The number of benzene rings is 1. The van der Waals surface area contributed by atoms with Crippen LogP contribution >= 0.6 is 0 Å². The lowest BCUT2D eigenvalue weighted by atomic mass is 9.77. The maximum Gasteiger partial charge on any atom is 0.295 e. The summed E-state index contributed by atoms with van der Waals surface area (Å²) in [7, 11) is 0. The topological polar surface area (TPSA) is 59.5 Å². The summed E-state index contributed by atoms with van der Waals surface area (Å²) < 4.78 is 6.17. The summed E-state index contributed by atoms with van der Waals surface area (Å²) in [6.45, 7) is 1.97. The van der Waals surface area contributed by atoms with E-state index in [1.165, 1.54) is 0 Å². The maximum atomic E-state index is 13.5. The lowest BCUT2D eigenvalue weighted by Crippen LogP contribution is -2.39. The van der Waals surface area contributed by atoms with Gasteiger partial charge in [0.1, 0.15) is 11.9 Å². The molecule has 0 saturated heterocycles. The van der Waals surface area contributed by atoms with Crippen molar-refractivity contribution < 1.29 is 14.3 Å². The van der Waals surface area contributed by atoms with Crippen LogP contribution < -0.4 is 4.90 Å². The molecule has 3 atom stereocenters. The Morgan fingerprint density at radius 1 is 1.07 bits per heavy atom. The van der Waals surface area contributed by atoms with E-state index in [-0.39, 0.29) is 29.5 Å². The molecule has 5 nitrogen and oxygen atoms in total. The number of ketones is 1. The zero-order valence-corrected chi connectivity index (χ0v) is 15.8. The van der Waals surface area contributed by atoms with Crippen LogP contribution in [0.4, 0.5) is 5.82 Å². The van der Waals surface area contributed by atoms with Crippen LogP contribution in [0.2, 0.25) is 0 Å². The van der Waals surface area contributed by atoms with Crippen LogP contribution in [0.1, 0.15) is 42.9 Å². The highest BCUT2D eigenvalue weighted by molar-refractivity contribution is 6.17. The largest absolute Gasteiger partial charge is 0.483 e. The molecule has 3 heterocycles. The number of carbonyl (C=O) groups excluding carboxylic acids is 2. The van der Waals surface area contributed by atoms with Crippen molar-refractivity contribution in [2.75, 3.05) is 4.90 Å². The highest BCUT2D eigenvalue weighted by Gasteiger charge is 2.52. The predicted octanol–water partition coefficient (Wildman–Crippen LogP) is 3.89. The Balaban J connectivity index is 1.66. The van der Waals surface area contributed by atoms with Crippen molar-refractivity contribution in [3.8, 4) is 0 Å². The second-order valence-electron chi connectivity index (χ2n) is 7.83. The van der Waals surface area contributed by atoms with E-state index in [4.69, 9.17) is 4.74 Å². The van der Waals surface area contributed by atoms with Crippen LogP contribution in [0.15, 0.2) is 60.0 Å². The van der Waals surface area contributed by atoms with Crippen LogP contribution in [0.25, 0.3) is 0 Å². The number of fused-ring (bicyclic) bond motifs is 1. The van der Waals surface area contributed by atoms with E-state index in [2.05, 4.69) is 4.98 Å². The van der Waals surface area contributed by atoms with Gasteiger partial charge in [-0.2, -0.15) is 0 Å². The zero-order chi connectivity index (χ0) is 19.3. The monoisotopic (exact) mass is 374 g/mol. The third kappa shape index (κ3) is 2.57. The van der Waals surface area contributed by atoms with Gasteiger partial charge in [0.15, 0.2) is 11.5 Å². The molecule has 1 fully saturated rings. The normalized spacial score (nSPS) is 26.8. The van der Waals surface area contributed by atoms with E-state index in [1.807, 2.05) is 49.4 Å². The van der Waals surface area contributed by atoms with E-state index in [0.717, 1.165) is 36.8 Å². The molecule has 1 amide bonds. The molecule has 2 aromatic rings. The number of hydrogen-bond acceptors (Lipinski definition) is 4. The van der Waals surface area contributed by atoms with Gasteiger partial charge in [0.05, 0.1) is 17.5 Å². The van der Waals surface area contributed by atoms with Gasteiger partial charge in [0.2, 0.25) is 0 Å². The molecule has 3 aliphatic rings. The van der Waals surface area contributed by atoms with Crippen LogP contribution in [-0.4, -0.2) is 22.8 Å². The number of aromatic nitrogens is 1. The quantitative estimate of drug-likeness (QED) is 0.800. The first kappa shape index (κ1) is 17.2. The summed E-state index contributed by atoms with van der Waals surface area (Å²) >= 11 is 0. The fourth-order valence-electron chi connectivity index (χ4n) is 4.68. The van der Waals surface area contributed by atoms with Crippen molar-refractivity contribution in [1.82, 2.24) is 4.98 Å². The lowest BCUT2D eigenvalue weighted by Gasteiger charge is -2.35. The molecule has 0 spiro atoms. The summed E-state index contributed by atoms with van der Waals surface area (Å²) in [5.74, 6) is 0.442. The average Bonchev–Trinajstić information content (AvgIpc) is 3.02. The molecule has 28 heavy (non-hydrogen) atoms. The number of pyridine rings is 1. The first-order valence-corrected chi connectivity index (χ1v) is 9.91. The van der Waals surface area contributed by atoms with Crippen molar-refractivity contribution in [2.24, 2.45) is 5.92 Å². The molecule has 1 saturated carbocycles. The molecule has 1 aromatic carbocycles. The lowest BCUT2D eigenvalue weighted by molar-refractivity contribution is -0.131. The first-order chi connectivity index (χ1) is 13.6. The molecule has 0 radical (unpaired) electrons. The summed E-state index contributed by atoms with van der Waals surface area (Å²) in [5, 5.41) is 0. The Bertz CT molecular complexity index is 982. The molecule has 0 N–H and O–H groups in total. The van der Waals surface area contributed by atoms with Crippen molar-refractivity contribution >= 4 is 17.5 Å². The fraction of sp³-hybridized carbons (Fsp3) is 0.348. The molecule has 3 unspecified atom stereocenters. The molecular formula is C23H22N2O3. The van der Waals surface area contributed by atoms with Gasteiger partial charge in [0.25, 0.3) is 5.91 Å². The Labute approximate surface area is 164 Å². The number of anilines is 1. The smallest absolute Gasteiger partial charge is 0.295 e. The second-order valence-corrected chi connectivity index (χ2v) is 7.83. The maximum absolute atomic E-state index is 13.5. The van der Waals surface area contributed by atoms with Crippen molar-refractivity contribution in [3.05, 3.63) is 71.1 Å². The highest BCUT2D eigenvalue weighted by atomic mass is 16.5. The number of nitrogens with zero attached hydrogens (tertiary/aromatic N) is 2. The molecule has 142 valence electrons. The number of ether oxygens (including phenoxy) is 1. The number of carbonyl (C=O) groups is 2. The average molecular weight is 374 g/mol. The first-order valence-electron chi connectivity index (χ1n) is 9.91. The van der Waals surface area contributed by atoms with Gasteiger partial charge >= 0.3 is 0 Å². The van der Waals surface area contributed by atoms with Crippen molar-refractivity contribution in [2.45, 2.75) is 44.8 Å². The SMILES string of the molecule is Cc1ccnc(N2C(=O)C3=C(C(=O)C4CCCCC4O3)C2c2ccccc2)c1. The van der Waals surface area contributed by atoms with E-state index in [9.17, 15) is 9.59 Å². The van der Waals surface area contributed by atoms with Crippen molar-refractivity contribution in [1.29, 1.82) is 0 Å². The second kappa shape index (κ2) is 6.59. The molecule has 2 aliphatic heterocycles. The standard InChI is InChI=1S/C23H22N2O3/c1-14-11-12-24-18(13-14)25-20(15-7-3-2-4-8-15)19-21(26)16-9-5-6-10-17(16)28-22(19)23(25)27/h2-4,7-8,11-13,16-17,20H,5-6,9-10H2,1H3. The molecular weight excluding hydrogens is 352 g/mol. The van der Waals surface area contributed by atoms with E-state index < -0.39 is 6.04 Å². The van der Waals surface area contributed by atoms with E-state index >= 15 is 0 Å². The summed E-state index contributed by atoms with van der Waals surface area (Å²) in [6, 6.07) is 13.0. The van der Waals surface area contributed by atoms with Gasteiger partial charge in [-0.05, 0) is 49.4 Å². The van der Waals surface area contributed by atoms with Gasteiger partial charge in [-0.25, -0.2) is 4.98 Å². The summed E-state index contributed by atoms with van der Waals surface area (Å²) in [6.07, 6.45) is 5.26. The Morgan fingerprint density at radius 2 is 1.86 bits per heavy atom. The number of amides is 1. The minimum absolute atomic E-state index is 0.0725. The molecule has 0 bridgehead atoms. The number of Topliss-reactive ketones (excluding diaryl/α,β-unsaturated/α-hetero) is 1. The van der Waals surface area contributed by atoms with E-state index in [0.29, 0.717) is 11.4 Å². The van der Waals surface area contributed by atoms with Crippen LogP contribution in [0.3, 0.4) is 0 Å². The summed E-state index contributed by atoms with van der Waals surface area (Å²) in [4.78, 5) is 32.9. The summed E-state index contributed by atoms with van der Waals surface area (Å²) in [5.41, 5.74) is 2.41. The minimum Gasteiger partial charge on any atom is -0.483 e. The van der Waals surface area contributed by atoms with Crippen LogP contribution in [-0.2, 0) is 14.3 Å². The van der Waals surface area contributed by atoms with E-state index in [1.54, 1.807) is 11.1 Å². The third-order valence-corrected chi connectivity index (χ3v) is 6.03. The van der Waals surface area contributed by atoms with Crippen LogP contribution in [0, 0.1) is 12.8 Å². The molecule has 1 aliphatic carbocycles. The number of aryl methyl sites for hydroxylation is 1. The molecule has 5 rings (SSSR count). The fourth-order valence-corrected chi connectivity index (χ4v) is 4.68. The third-order valence-electron chi connectivity index (χ3n) is 6.03. The van der Waals surface area contributed by atoms with Crippen LogP contribution in [0.5, 0.6) is 0 Å². The van der Waals surface area contributed by atoms with Crippen molar-refractivity contribution in [3.63, 3.8) is 0 Å². The Kier molecular flexibility index (Phi) is 4.04. The molecule has 1 aromatic heterocycles. The van der Waals surface area contributed by atoms with Gasteiger partial charge in [-0.1, -0.05) is 36.8 Å². The number of hydrogen-bond donors (Lipinski definition) is 0. The Morgan fingerprint density at radius 3 is 2.64 bits per heavy atom.